The first-order valence-corrected chi connectivity index (χ1v) is 5.51. The number of benzene rings is 1. The molecule has 0 atom stereocenters. The highest BCUT2D eigenvalue weighted by molar-refractivity contribution is 5.93. The summed E-state index contributed by atoms with van der Waals surface area (Å²) in [6.45, 7) is 3.88. The second-order valence-corrected chi connectivity index (χ2v) is 4.09. The molecule has 6 heteroatoms. The van der Waals surface area contributed by atoms with Gasteiger partial charge in [-0.15, -0.1) is 0 Å². The molecule has 0 bridgehead atoms. The number of anilines is 2. The first-order valence-electron chi connectivity index (χ1n) is 5.51. The number of amides is 1. The molecular formula is C12H14N4O2. The van der Waals surface area contributed by atoms with Crippen LogP contribution in [0.1, 0.15) is 16.8 Å². The van der Waals surface area contributed by atoms with Crippen molar-refractivity contribution in [2.45, 2.75) is 20.3 Å². The second kappa shape index (κ2) is 4.87. The Hall–Kier alpha value is -2.37. The highest BCUT2D eigenvalue weighted by Gasteiger charge is 2.13. The maximum Gasteiger partial charge on any atom is 0.230 e. The summed E-state index contributed by atoms with van der Waals surface area (Å²) in [4.78, 5) is 11.9. The monoisotopic (exact) mass is 246 g/mol. The molecule has 0 aliphatic heterocycles. The van der Waals surface area contributed by atoms with Gasteiger partial charge in [0, 0.05) is 5.69 Å². The van der Waals surface area contributed by atoms with Gasteiger partial charge < -0.3 is 11.1 Å². The van der Waals surface area contributed by atoms with Crippen LogP contribution in [0.25, 0.3) is 0 Å². The number of carbonyl (C=O) groups is 1. The van der Waals surface area contributed by atoms with Crippen molar-refractivity contribution in [3.8, 4) is 0 Å². The lowest BCUT2D eigenvalue weighted by Gasteiger charge is -2.10. The van der Waals surface area contributed by atoms with Gasteiger partial charge in [-0.3, -0.25) is 4.79 Å². The summed E-state index contributed by atoms with van der Waals surface area (Å²) < 4.78 is 4.44. The van der Waals surface area contributed by atoms with E-state index >= 15 is 0 Å². The lowest BCUT2D eigenvalue weighted by atomic mass is 10.1. The number of nitrogens with two attached hydrogens (primary N) is 1. The van der Waals surface area contributed by atoms with Gasteiger partial charge in [-0.2, -0.15) is 0 Å². The summed E-state index contributed by atoms with van der Waals surface area (Å²) in [6.07, 6.45) is 0.0447. The highest BCUT2D eigenvalue weighted by Crippen LogP contribution is 2.19. The molecule has 1 aromatic carbocycles. The standard InChI is InChI=1S/C12H14N4O2/c1-7-4-3-5-8(2)11(7)14-10(17)6-9-12(13)16-18-15-9/h3-5H,6H2,1-2H3,(H2,13,16)(H,14,17). The molecule has 2 rings (SSSR count). The number of nitrogen functional groups attached to an aromatic ring is 1. The number of hydrogen-bond acceptors (Lipinski definition) is 5. The van der Waals surface area contributed by atoms with Gasteiger partial charge in [0.1, 0.15) is 5.69 Å². The normalized spacial score (nSPS) is 10.3. The first-order chi connectivity index (χ1) is 8.58. The van der Waals surface area contributed by atoms with E-state index in [1.807, 2.05) is 32.0 Å². The van der Waals surface area contributed by atoms with E-state index in [2.05, 4.69) is 20.3 Å². The van der Waals surface area contributed by atoms with Crippen LogP contribution in [-0.2, 0) is 11.2 Å². The second-order valence-electron chi connectivity index (χ2n) is 4.09. The van der Waals surface area contributed by atoms with E-state index < -0.39 is 0 Å². The third-order valence-electron chi connectivity index (χ3n) is 2.66. The molecule has 0 fully saturated rings. The van der Waals surface area contributed by atoms with Crippen LogP contribution in [0.15, 0.2) is 22.8 Å². The van der Waals surface area contributed by atoms with E-state index in [9.17, 15) is 4.79 Å². The molecule has 0 aliphatic rings. The maximum absolute atomic E-state index is 11.9. The Kier molecular flexibility index (Phi) is 3.27. The largest absolute Gasteiger partial charge is 0.379 e. The number of aryl methyl sites for hydroxylation is 2. The smallest absolute Gasteiger partial charge is 0.230 e. The number of nitrogens with zero attached hydrogens (tertiary/aromatic N) is 2. The van der Waals surface area contributed by atoms with Crippen LogP contribution in [0.2, 0.25) is 0 Å². The third kappa shape index (κ3) is 2.48. The molecule has 94 valence electrons. The zero-order valence-electron chi connectivity index (χ0n) is 10.2. The Labute approximate surface area is 104 Å². The van der Waals surface area contributed by atoms with Crippen molar-refractivity contribution in [1.29, 1.82) is 0 Å². The van der Waals surface area contributed by atoms with Crippen molar-refractivity contribution in [2.24, 2.45) is 0 Å². The van der Waals surface area contributed by atoms with Gasteiger partial charge in [0.25, 0.3) is 0 Å². The number of hydrogen-bond donors (Lipinski definition) is 2. The van der Waals surface area contributed by atoms with Crippen LogP contribution in [0.5, 0.6) is 0 Å². The number of rotatable bonds is 3. The lowest BCUT2D eigenvalue weighted by Crippen LogP contribution is -2.16. The summed E-state index contributed by atoms with van der Waals surface area (Å²) in [5, 5.41) is 9.83. The van der Waals surface area contributed by atoms with Crippen molar-refractivity contribution >= 4 is 17.4 Å². The Bertz CT molecular complexity index is 557. The molecule has 1 heterocycles. The molecule has 6 nitrogen and oxygen atoms in total. The van der Waals surface area contributed by atoms with Crippen LogP contribution in [0.4, 0.5) is 11.5 Å². The van der Waals surface area contributed by atoms with Gasteiger partial charge in [-0.25, -0.2) is 4.63 Å². The Morgan fingerprint density at radius 3 is 2.56 bits per heavy atom. The fourth-order valence-electron chi connectivity index (χ4n) is 1.68. The number of carbonyl (C=O) groups excluding carboxylic acids is 1. The van der Waals surface area contributed by atoms with E-state index in [0.717, 1.165) is 16.8 Å². The average Bonchev–Trinajstić information content (AvgIpc) is 2.70. The third-order valence-corrected chi connectivity index (χ3v) is 2.66. The van der Waals surface area contributed by atoms with Crippen molar-refractivity contribution in [1.82, 2.24) is 10.3 Å². The van der Waals surface area contributed by atoms with Crippen molar-refractivity contribution in [2.75, 3.05) is 11.1 Å². The van der Waals surface area contributed by atoms with Crippen molar-refractivity contribution in [3.05, 3.63) is 35.0 Å². The van der Waals surface area contributed by atoms with Crippen LogP contribution in [0, 0.1) is 13.8 Å². The minimum atomic E-state index is -0.199. The fraction of sp³-hybridized carbons (Fsp3) is 0.250. The minimum Gasteiger partial charge on any atom is -0.379 e. The lowest BCUT2D eigenvalue weighted by molar-refractivity contribution is -0.115. The minimum absolute atomic E-state index is 0.0447. The zero-order valence-corrected chi connectivity index (χ0v) is 10.2. The van der Waals surface area contributed by atoms with Gasteiger partial charge in [0.2, 0.25) is 5.91 Å². The number of aromatic nitrogens is 2. The number of para-hydroxylation sites is 1. The Balaban J connectivity index is 2.10. The SMILES string of the molecule is Cc1cccc(C)c1NC(=O)Cc1nonc1N. The average molecular weight is 246 g/mol. The van der Waals surface area contributed by atoms with Gasteiger partial charge >= 0.3 is 0 Å². The molecule has 0 saturated heterocycles. The molecule has 3 N–H and O–H groups in total. The van der Waals surface area contributed by atoms with E-state index in [-0.39, 0.29) is 18.1 Å². The van der Waals surface area contributed by atoms with Gasteiger partial charge in [-0.05, 0) is 30.1 Å². The molecule has 18 heavy (non-hydrogen) atoms. The molecule has 1 amide bonds. The van der Waals surface area contributed by atoms with Crippen LogP contribution in [-0.4, -0.2) is 16.2 Å². The molecule has 0 saturated carbocycles. The van der Waals surface area contributed by atoms with Crippen molar-refractivity contribution in [3.63, 3.8) is 0 Å². The van der Waals surface area contributed by atoms with E-state index in [0.29, 0.717) is 5.69 Å². The summed E-state index contributed by atoms with van der Waals surface area (Å²) in [5.41, 5.74) is 8.68. The summed E-state index contributed by atoms with van der Waals surface area (Å²) in [6, 6.07) is 5.82. The molecule has 2 aromatic rings. The quantitative estimate of drug-likeness (QED) is 0.854. The fourth-order valence-corrected chi connectivity index (χ4v) is 1.68. The molecule has 0 spiro atoms. The van der Waals surface area contributed by atoms with Crippen LogP contribution >= 0.6 is 0 Å². The topological polar surface area (TPSA) is 94.0 Å². The van der Waals surface area contributed by atoms with Crippen LogP contribution < -0.4 is 11.1 Å². The predicted molar refractivity (Wildman–Crippen MR) is 67.0 cm³/mol. The molecule has 0 aliphatic carbocycles. The summed E-state index contributed by atoms with van der Waals surface area (Å²) in [5.74, 6) is -0.0542. The first kappa shape index (κ1) is 12.1. The van der Waals surface area contributed by atoms with E-state index in [4.69, 9.17) is 5.73 Å². The van der Waals surface area contributed by atoms with Gasteiger partial charge in [-0.1, -0.05) is 23.4 Å². The molecule has 0 unspecified atom stereocenters. The van der Waals surface area contributed by atoms with Crippen molar-refractivity contribution < 1.29 is 9.42 Å². The van der Waals surface area contributed by atoms with Crippen LogP contribution in [0.3, 0.4) is 0 Å². The van der Waals surface area contributed by atoms with E-state index in [1.165, 1.54) is 0 Å². The summed E-state index contributed by atoms with van der Waals surface area (Å²) >= 11 is 0. The highest BCUT2D eigenvalue weighted by atomic mass is 16.6. The maximum atomic E-state index is 11.9. The molecule has 0 radical (unpaired) electrons. The van der Waals surface area contributed by atoms with Gasteiger partial charge in [0.05, 0.1) is 6.42 Å². The van der Waals surface area contributed by atoms with E-state index in [1.54, 1.807) is 0 Å². The number of nitrogens with one attached hydrogen (secondary N) is 1. The molecule has 1 aromatic heterocycles. The summed E-state index contributed by atoms with van der Waals surface area (Å²) in [7, 11) is 0. The predicted octanol–water partition coefficient (Wildman–Crippen LogP) is 1.45. The Morgan fingerprint density at radius 1 is 1.33 bits per heavy atom. The molecular weight excluding hydrogens is 232 g/mol. The van der Waals surface area contributed by atoms with Gasteiger partial charge in [0.15, 0.2) is 5.82 Å². The Morgan fingerprint density at radius 2 is 2.00 bits per heavy atom. The zero-order chi connectivity index (χ0) is 13.1.